The molecule has 0 saturated heterocycles. The Balaban J connectivity index is 1.99. The Bertz CT molecular complexity index is 450. The molecule has 0 radical (unpaired) electrons. The van der Waals surface area contributed by atoms with E-state index in [1.165, 1.54) is 0 Å². The molecule has 0 spiro atoms. The number of benzene rings is 1. The van der Waals surface area contributed by atoms with E-state index in [-0.39, 0.29) is 17.9 Å². The Hall–Kier alpha value is -1.06. The standard InChI is InChI=1S/C15H21ClN2O/c1-10(11-4-2-6-13(16)8-11)15(19)18-14-7-3-5-12(14)9-17/h2,4,6,8,10,12,14H,3,5,7,9,17H2,1H3,(H,18,19). The molecule has 0 aliphatic heterocycles. The Morgan fingerprint density at radius 2 is 2.32 bits per heavy atom. The summed E-state index contributed by atoms with van der Waals surface area (Å²) in [5.41, 5.74) is 6.69. The molecule has 1 aromatic rings. The molecule has 1 saturated carbocycles. The van der Waals surface area contributed by atoms with Crippen molar-refractivity contribution in [3.63, 3.8) is 0 Å². The molecule has 104 valence electrons. The molecule has 1 fully saturated rings. The largest absolute Gasteiger partial charge is 0.353 e. The monoisotopic (exact) mass is 280 g/mol. The molecular weight excluding hydrogens is 260 g/mol. The van der Waals surface area contributed by atoms with E-state index >= 15 is 0 Å². The van der Waals surface area contributed by atoms with Crippen LogP contribution >= 0.6 is 11.6 Å². The fourth-order valence-corrected chi connectivity index (χ4v) is 2.94. The van der Waals surface area contributed by atoms with Crippen LogP contribution in [-0.2, 0) is 4.79 Å². The number of halogens is 1. The van der Waals surface area contributed by atoms with Crippen LogP contribution in [0.3, 0.4) is 0 Å². The summed E-state index contributed by atoms with van der Waals surface area (Å²) in [5.74, 6) is 0.306. The van der Waals surface area contributed by atoms with Crippen molar-refractivity contribution in [1.82, 2.24) is 5.32 Å². The second kappa shape index (κ2) is 6.40. The molecule has 3 atom stereocenters. The third kappa shape index (κ3) is 3.48. The summed E-state index contributed by atoms with van der Waals surface area (Å²) in [5, 5.41) is 3.80. The van der Waals surface area contributed by atoms with Gasteiger partial charge in [0.15, 0.2) is 0 Å². The van der Waals surface area contributed by atoms with Crippen LogP contribution in [0.25, 0.3) is 0 Å². The van der Waals surface area contributed by atoms with Crippen LogP contribution in [0.1, 0.15) is 37.7 Å². The van der Waals surface area contributed by atoms with Gasteiger partial charge in [0.2, 0.25) is 5.91 Å². The number of carbonyl (C=O) groups is 1. The van der Waals surface area contributed by atoms with E-state index in [2.05, 4.69) is 5.32 Å². The third-order valence-corrected chi connectivity index (χ3v) is 4.27. The smallest absolute Gasteiger partial charge is 0.227 e. The van der Waals surface area contributed by atoms with Crippen molar-refractivity contribution in [2.45, 2.75) is 38.1 Å². The van der Waals surface area contributed by atoms with Crippen molar-refractivity contribution in [2.75, 3.05) is 6.54 Å². The quantitative estimate of drug-likeness (QED) is 0.891. The number of hydrogen-bond donors (Lipinski definition) is 2. The van der Waals surface area contributed by atoms with E-state index in [1.807, 2.05) is 31.2 Å². The first kappa shape index (κ1) is 14.4. The van der Waals surface area contributed by atoms with Crippen LogP contribution in [-0.4, -0.2) is 18.5 Å². The highest BCUT2D eigenvalue weighted by atomic mass is 35.5. The zero-order valence-electron chi connectivity index (χ0n) is 11.2. The molecule has 0 heterocycles. The molecule has 1 aliphatic carbocycles. The molecule has 0 bridgehead atoms. The van der Waals surface area contributed by atoms with Gasteiger partial charge in [0.1, 0.15) is 0 Å². The number of carbonyl (C=O) groups excluding carboxylic acids is 1. The zero-order valence-corrected chi connectivity index (χ0v) is 12.0. The third-order valence-electron chi connectivity index (χ3n) is 4.03. The van der Waals surface area contributed by atoms with Gasteiger partial charge in [0, 0.05) is 11.1 Å². The summed E-state index contributed by atoms with van der Waals surface area (Å²) in [4.78, 5) is 12.3. The van der Waals surface area contributed by atoms with E-state index in [1.54, 1.807) is 0 Å². The van der Waals surface area contributed by atoms with Gasteiger partial charge in [-0.3, -0.25) is 4.79 Å². The van der Waals surface area contributed by atoms with Crippen LogP contribution in [0.5, 0.6) is 0 Å². The highest BCUT2D eigenvalue weighted by Gasteiger charge is 2.28. The summed E-state index contributed by atoms with van der Waals surface area (Å²) < 4.78 is 0. The molecular formula is C15H21ClN2O. The van der Waals surface area contributed by atoms with Gasteiger partial charge in [-0.1, -0.05) is 30.2 Å². The number of amides is 1. The fraction of sp³-hybridized carbons (Fsp3) is 0.533. The molecule has 2 rings (SSSR count). The Labute approximate surface area is 119 Å². The second-order valence-corrected chi connectivity index (χ2v) is 5.75. The molecule has 3 N–H and O–H groups in total. The highest BCUT2D eigenvalue weighted by Crippen LogP contribution is 2.26. The van der Waals surface area contributed by atoms with Gasteiger partial charge >= 0.3 is 0 Å². The van der Waals surface area contributed by atoms with E-state index in [9.17, 15) is 4.79 Å². The Kier molecular flexibility index (Phi) is 4.83. The van der Waals surface area contributed by atoms with Crippen molar-refractivity contribution in [3.8, 4) is 0 Å². The summed E-state index contributed by atoms with van der Waals surface area (Å²) >= 11 is 5.96. The SMILES string of the molecule is CC(C(=O)NC1CCCC1CN)c1cccc(Cl)c1. The molecule has 19 heavy (non-hydrogen) atoms. The van der Waals surface area contributed by atoms with Crippen LogP contribution in [0, 0.1) is 5.92 Å². The van der Waals surface area contributed by atoms with E-state index in [0.29, 0.717) is 17.5 Å². The van der Waals surface area contributed by atoms with Crippen molar-refractivity contribution in [1.29, 1.82) is 0 Å². The first-order valence-corrected chi connectivity index (χ1v) is 7.25. The second-order valence-electron chi connectivity index (χ2n) is 5.32. The first-order valence-electron chi connectivity index (χ1n) is 6.87. The van der Waals surface area contributed by atoms with Gasteiger partial charge in [-0.05, 0) is 49.9 Å². The van der Waals surface area contributed by atoms with Crippen molar-refractivity contribution >= 4 is 17.5 Å². The van der Waals surface area contributed by atoms with Gasteiger partial charge in [0.05, 0.1) is 5.92 Å². The lowest BCUT2D eigenvalue weighted by molar-refractivity contribution is -0.123. The van der Waals surface area contributed by atoms with Gasteiger partial charge in [-0.15, -0.1) is 0 Å². The van der Waals surface area contributed by atoms with Crippen LogP contribution < -0.4 is 11.1 Å². The molecule has 0 aromatic heterocycles. The van der Waals surface area contributed by atoms with E-state index in [4.69, 9.17) is 17.3 Å². The topological polar surface area (TPSA) is 55.1 Å². The Morgan fingerprint density at radius 3 is 3.00 bits per heavy atom. The molecule has 4 heteroatoms. The first-order chi connectivity index (χ1) is 9.11. The predicted molar refractivity (Wildman–Crippen MR) is 78.2 cm³/mol. The van der Waals surface area contributed by atoms with Crippen LogP contribution in [0.2, 0.25) is 5.02 Å². The lowest BCUT2D eigenvalue weighted by atomic mass is 9.98. The molecule has 1 amide bonds. The van der Waals surface area contributed by atoms with Crippen molar-refractivity contribution < 1.29 is 4.79 Å². The van der Waals surface area contributed by atoms with Gasteiger partial charge in [-0.25, -0.2) is 0 Å². The number of nitrogens with two attached hydrogens (primary N) is 1. The van der Waals surface area contributed by atoms with Gasteiger partial charge < -0.3 is 11.1 Å². The predicted octanol–water partition coefficient (Wildman–Crippen LogP) is 2.69. The zero-order chi connectivity index (χ0) is 13.8. The summed E-state index contributed by atoms with van der Waals surface area (Å²) in [6.07, 6.45) is 3.31. The van der Waals surface area contributed by atoms with E-state index < -0.39 is 0 Å². The maximum Gasteiger partial charge on any atom is 0.227 e. The maximum absolute atomic E-state index is 12.3. The summed E-state index contributed by atoms with van der Waals surface area (Å²) in [7, 11) is 0. The lowest BCUT2D eigenvalue weighted by Gasteiger charge is -2.22. The molecule has 1 aliphatic rings. The highest BCUT2D eigenvalue weighted by molar-refractivity contribution is 6.30. The molecule has 3 unspecified atom stereocenters. The number of nitrogens with one attached hydrogen (secondary N) is 1. The normalized spacial score (nSPS) is 24.2. The van der Waals surface area contributed by atoms with Crippen molar-refractivity contribution in [2.24, 2.45) is 11.7 Å². The van der Waals surface area contributed by atoms with Gasteiger partial charge in [-0.2, -0.15) is 0 Å². The minimum atomic E-state index is -0.183. The lowest BCUT2D eigenvalue weighted by Crippen LogP contribution is -2.41. The minimum absolute atomic E-state index is 0.0626. The summed E-state index contributed by atoms with van der Waals surface area (Å²) in [6.45, 7) is 2.56. The van der Waals surface area contributed by atoms with Crippen molar-refractivity contribution in [3.05, 3.63) is 34.9 Å². The van der Waals surface area contributed by atoms with Crippen LogP contribution in [0.15, 0.2) is 24.3 Å². The van der Waals surface area contributed by atoms with Crippen LogP contribution in [0.4, 0.5) is 0 Å². The van der Waals surface area contributed by atoms with E-state index in [0.717, 1.165) is 24.8 Å². The maximum atomic E-state index is 12.3. The van der Waals surface area contributed by atoms with Gasteiger partial charge in [0.25, 0.3) is 0 Å². The minimum Gasteiger partial charge on any atom is -0.353 e. The molecule has 1 aromatic carbocycles. The average Bonchev–Trinajstić information content (AvgIpc) is 2.85. The average molecular weight is 281 g/mol. The molecule has 3 nitrogen and oxygen atoms in total. The fourth-order valence-electron chi connectivity index (χ4n) is 2.74. The summed E-state index contributed by atoms with van der Waals surface area (Å²) in [6, 6.07) is 7.71. The Morgan fingerprint density at radius 1 is 1.53 bits per heavy atom. The number of hydrogen-bond acceptors (Lipinski definition) is 2. The number of rotatable bonds is 4.